The Labute approximate surface area is 160 Å². The summed E-state index contributed by atoms with van der Waals surface area (Å²) in [5.41, 5.74) is 9.28. The van der Waals surface area contributed by atoms with Gasteiger partial charge in [0.2, 0.25) is 5.56 Å². The molecule has 1 aromatic carbocycles. The van der Waals surface area contributed by atoms with Crippen LogP contribution in [0.25, 0.3) is 0 Å². The van der Waals surface area contributed by atoms with Crippen LogP contribution in [0.5, 0.6) is 0 Å². The molecule has 0 spiro atoms. The number of halogens is 1. The Kier molecular flexibility index (Phi) is 8.53. The van der Waals surface area contributed by atoms with Crippen molar-refractivity contribution in [3.63, 3.8) is 0 Å². The predicted octanol–water partition coefficient (Wildman–Crippen LogP) is 3.29. The van der Waals surface area contributed by atoms with Crippen molar-refractivity contribution in [2.75, 3.05) is 11.9 Å². The number of hydrogen-bond acceptors (Lipinski definition) is 2. The van der Waals surface area contributed by atoms with Gasteiger partial charge in [0.15, 0.2) is 5.96 Å². The average molecular weight is 440 g/mol. The molecule has 5 nitrogen and oxygen atoms in total. The summed E-state index contributed by atoms with van der Waals surface area (Å²) in [6, 6.07) is 11.4. The minimum atomic E-state index is 0. The van der Waals surface area contributed by atoms with Crippen molar-refractivity contribution in [2.24, 2.45) is 10.7 Å². The second-order valence-electron chi connectivity index (χ2n) is 5.71. The molecule has 1 aromatic heterocycles. The number of aromatic nitrogens is 1. The van der Waals surface area contributed by atoms with Gasteiger partial charge in [0.25, 0.3) is 0 Å². The molecule has 0 amide bonds. The maximum Gasteiger partial charge on any atom is 0.250 e. The SMILES string of the molecule is Cc1cc(C)cc(NC(N)=NCCCCn2ccccc2=O)c1.I. The molecule has 130 valence electrons. The molecule has 0 bridgehead atoms. The summed E-state index contributed by atoms with van der Waals surface area (Å²) in [6.07, 6.45) is 3.59. The lowest BCUT2D eigenvalue weighted by atomic mass is 10.1. The molecule has 0 aliphatic heterocycles. The molecule has 2 rings (SSSR count). The Morgan fingerprint density at radius 3 is 2.54 bits per heavy atom. The highest BCUT2D eigenvalue weighted by Gasteiger charge is 1.98. The van der Waals surface area contributed by atoms with Crippen molar-refractivity contribution >= 4 is 35.6 Å². The van der Waals surface area contributed by atoms with E-state index < -0.39 is 0 Å². The summed E-state index contributed by atoms with van der Waals surface area (Å²) in [6.45, 7) is 5.46. The third-order valence-corrected chi connectivity index (χ3v) is 3.48. The van der Waals surface area contributed by atoms with Crippen LogP contribution in [-0.4, -0.2) is 17.1 Å². The summed E-state index contributed by atoms with van der Waals surface area (Å²) >= 11 is 0. The third kappa shape index (κ3) is 6.74. The van der Waals surface area contributed by atoms with E-state index in [0.717, 1.165) is 18.5 Å². The Bertz CT molecular complexity index is 720. The first-order valence-corrected chi connectivity index (χ1v) is 7.85. The molecule has 6 heteroatoms. The fraction of sp³-hybridized carbons (Fsp3) is 0.333. The molecule has 3 N–H and O–H groups in total. The summed E-state index contributed by atoms with van der Waals surface area (Å²) < 4.78 is 1.71. The molecular formula is C18H25IN4O. The van der Waals surface area contributed by atoms with Gasteiger partial charge < -0.3 is 15.6 Å². The van der Waals surface area contributed by atoms with E-state index in [4.69, 9.17) is 5.73 Å². The first kappa shape index (κ1) is 20.2. The van der Waals surface area contributed by atoms with Crippen LogP contribution in [0, 0.1) is 13.8 Å². The molecule has 2 aromatic rings. The number of nitrogens with two attached hydrogens (primary N) is 1. The van der Waals surface area contributed by atoms with Gasteiger partial charge >= 0.3 is 0 Å². The summed E-state index contributed by atoms with van der Waals surface area (Å²) in [5.74, 6) is 0.423. The van der Waals surface area contributed by atoms with E-state index in [9.17, 15) is 4.79 Å². The minimum absolute atomic E-state index is 0. The molecule has 24 heavy (non-hydrogen) atoms. The van der Waals surface area contributed by atoms with Crippen molar-refractivity contribution in [3.05, 3.63) is 64.1 Å². The first-order chi connectivity index (χ1) is 11.0. The highest BCUT2D eigenvalue weighted by Crippen LogP contribution is 2.13. The molecule has 0 aliphatic carbocycles. The number of pyridine rings is 1. The fourth-order valence-electron chi connectivity index (χ4n) is 2.47. The normalized spacial score (nSPS) is 11.0. The second kappa shape index (κ2) is 10.1. The standard InChI is InChI=1S/C18H24N4O.HI/c1-14-11-15(2)13-16(12-14)21-18(19)20-8-4-6-10-22-9-5-3-7-17(22)23;/h3,5,7,9,11-13H,4,6,8,10H2,1-2H3,(H3,19,20,21);1H. The largest absolute Gasteiger partial charge is 0.370 e. The van der Waals surface area contributed by atoms with E-state index >= 15 is 0 Å². The highest BCUT2D eigenvalue weighted by atomic mass is 127. The zero-order chi connectivity index (χ0) is 16.7. The fourth-order valence-corrected chi connectivity index (χ4v) is 2.47. The minimum Gasteiger partial charge on any atom is -0.370 e. The second-order valence-corrected chi connectivity index (χ2v) is 5.71. The lowest BCUT2D eigenvalue weighted by Gasteiger charge is -2.08. The molecule has 0 unspecified atom stereocenters. The Balaban J connectivity index is 0.00000288. The van der Waals surface area contributed by atoms with Gasteiger partial charge in [-0.1, -0.05) is 12.1 Å². The van der Waals surface area contributed by atoms with Crippen molar-refractivity contribution in [2.45, 2.75) is 33.2 Å². The highest BCUT2D eigenvalue weighted by molar-refractivity contribution is 14.0. The van der Waals surface area contributed by atoms with Crippen LogP contribution in [0.3, 0.4) is 0 Å². The summed E-state index contributed by atoms with van der Waals surface area (Å²) in [5, 5.41) is 3.11. The van der Waals surface area contributed by atoms with Crippen molar-refractivity contribution in [1.82, 2.24) is 4.57 Å². The lowest BCUT2D eigenvalue weighted by Crippen LogP contribution is -2.23. The summed E-state index contributed by atoms with van der Waals surface area (Å²) in [7, 11) is 0. The van der Waals surface area contributed by atoms with Gasteiger partial charge in [0.1, 0.15) is 0 Å². The topological polar surface area (TPSA) is 72.4 Å². The van der Waals surface area contributed by atoms with Crippen LogP contribution in [0.4, 0.5) is 5.69 Å². The van der Waals surface area contributed by atoms with E-state index in [1.807, 2.05) is 24.4 Å². The van der Waals surface area contributed by atoms with E-state index in [-0.39, 0.29) is 29.5 Å². The van der Waals surface area contributed by atoms with E-state index in [2.05, 4.69) is 30.2 Å². The molecule has 1 heterocycles. The van der Waals surface area contributed by atoms with E-state index in [1.54, 1.807) is 16.7 Å². The lowest BCUT2D eigenvalue weighted by molar-refractivity contribution is 0.599. The van der Waals surface area contributed by atoms with Gasteiger partial charge in [-0.25, -0.2) is 0 Å². The zero-order valence-electron chi connectivity index (χ0n) is 14.2. The van der Waals surface area contributed by atoms with Crippen LogP contribution in [0.1, 0.15) is 24.0 Å². The van der Waals surface area contributed by atoms with E-state index in [1.165, 1.54) is 11.1 Å². The zero-order valence-corrected chi connectivity index (χ0v) is 16.5. The number of rotatable bonds is 6. The Morgan fingerprint density at radius 2 is 1.88 bits per heavy atom. The maximum absolute atomic E-state index is 11.6. The molecule has 0 saturated carbocycles. The molecule has 0 atom stereocenters. The molecular weight excluding hydrogens is 415 g/mol. The molecule has 0 radical (unpaired) electrons. The van der Waals surface area contributed by atoms with Gasteiger partial charge in [-0.3, -0.25) is 9.79 Å². The number of unbranched alkanes of at least 4 members (excludes halogenated alkanes) is 1. The predicted molar refractivity (Wildman–Crippen MR) is 111 cm³/mol. The van der Waals surface area contributed by atoms with Crippen LogP contribution >= 0.6 is 24.0 Å². The van der Waals surface area contributed by atoms with Crippen LogP contribution in [-0.2, 0) is 6.54 Å². The number of nitrogens with zero attached hydrogens (tertiary/aromatic N) is 2. The average Bonchev–Trinajstić information content (AvgIpc) is 2.47. The third-order valence-electron chi connectivity index (χ3n) is 3.48. The van der Waals surface area contributed by atoms with Crippen LogP contribution in [0.15, 0.2) is 52.4 Å². The first-order valence-electron chi connectivity index (χ1n) is 7.85. The summed E-state index contributed by atoms with van der Waals surface area (Å²) in [4.78, 5) is 15.9. The van der Waals surface area contributed by atoms with Crippen molar-refractivity contribution < 1.29 is 0 Å². The number of aryl methyl sites for hydroxylation is 3. The number of aliphatic imine (C=N–C) groups is 1. The molecule has 0 aliphatic rings. The molecule has 0 fully saturated rings. The van der Waals surface area contributed by atoms with E-state index in [0.29, 0.717) is 19.0 Å². The van der Waals surface area contributed by atoms with Crippen LogP contribution in [0.2, 0.25) is 0 Å². The Hall–Kier alpha value is -1.83. The Morgan fingerprint density at radius 1 is 1.17 bits per heavy atom. The van der Waals surface area contributed by atoms with Gasteiger partial charge in [0.05, 0.1) is 0 Å². The number of nitrogens with one attached hydrogen (secondary N) is 1. The van der Waals surface area contributed by atoms with Crippen molar-refractivity contribution in [1.29, 1.82) is 0 Å². The van der Waals surface area contributed by atoms with Gasteiger partial charge in [0, 0.05) is 31.0 Å². The quantitative estimate of drug-likeness (QED) is 0.314. The number of guanidine groups is 1. The van der Waals surface area contributed by atoms with Gasteiger partial charge in [-0.05, 0) is 56.0 Å². The van der Waals surface area contributed by atoms with Crippen molar-refractivity contribution in [3.8, 4) is 0 Å². The van der Waals surface area contributed by atoms with Gasteiger partial charge in [-0.15, -0.1) is 24.0 Å². The number of benzene rings is 1. The maximum atomic E-state index is 11.6. The number of anilines is 1. The van der Waals surface area contributed by atoms with Crippen LogP contribution < -0.4 is 16.6 Å². The molecule has 0 saturated heterocycles. The monoisotopic (exact) mass is 440 g/mol. The number of hydrogen-bond donors (Lipinski definition) is 2. The smallest absolute Gasteiger partial charge is 0.250 e. The van der Waals surface area contributed by atoms with Gasteiger partial charge in [-0.2, -0.15) is 0 Å².